The number of aliphatic hydroxyl groups excluding tert-OH is 1. The number of benzene rings is 1. The smallest absolute Gasteiger partial charge is 0.0799 e. The van der Waals surface area contributed by atoms with Crippen LogP contribution in [0.3, 0.4) is 0 Å². The van der Waals surface area contributed by atoms with Gasteiger partial charge in [-0.25, -0.2) is 0 Å². The normalized spacial score (nSPS) is 14.7. The second-order valence-electron chi connectivity index (χ2n) is 5.13. The Morgan fingerprint density at radius 2 is 2.00 bits per heavy atom. The van der Waals surface area contributed by atoms with E-state index in [0.29, 0.717) is 5.92 Å². The molecule has 1 N–H and O–H groups in total. The second-order valence-corrected chi connectivity index (χ2v) is 5.13. The van der Waals surface area contributed by atoms with Gasteiger partial charge in [0.25, 0.3) is 0 Å². The third-order valence-corrected chi connectivity index (χ3v) is 3.56. The number of nitrogens with zero attached hydrogens (tertiary/aromatic N) is 1. The fourth-order valence-electron chi connectivity index (χ4n) is 2.29. The lowest BCUT2D eigenvalue weighted by Gasteiger charge is -2.17. The van der Waals surface area contributed by atoms with Gasteiger partial charge in [-0.1, -0.05) is 38.5 Å². The zero-order chi connectivity index (χ0) is 13.1. The first kappa shape index (κ1) is 13.0. The van der Waals surface area contributed by atoms with Crippen molar-refractivity contribution in [1.82, 2.24) is 4.98 Å². The second kappa shape index (κ2) is 5.49. The summed E-state index contributed by atoms with van der Waals surface area (Å²) < 4.78 is 0. The minimum atomic E-state index is -0.397. The molecule has 0 saturated carbocycles. The molecule has 0 aliphatic heterocycles. The molecule has 0 spiro atoms. The zero-order valence-corrected chi connectivity index (χ0v) is 11.4. The average Bonchev–Trinajstić information content (AvgIpc) is 2.37. The van der Waals surface area contributed by atoms with Gasteiger partial charge < -0.3 is 5.11 Å². The van der Waals surface area contributed by atoms with Crippen LogP contribution in [0.4, 0.5) is 0 Å². The van der Waals surface area contributed by atoms with Crippen LogP contribution in [0, 0.1) is 12.8 Å². The minimum absolute atomic E-state index is 0.397. The van der Waals surface area contributed by atoms with Gasteiger partial charge in [-0.3, -0.25) is 4.98 Å². The van der Waals surface area contributed by atoms with E-state index in [9.17, 15) is 5.11 Å². The molecule has 96 valence electrons. The van der Waals surface area contributed by atoms with Crippen molar-refractivity contribution >= 4 is 10.9 Å². The lowest BCUT2D eigenvalue weighted by Crippen LogP contribution is -2.05. The Hall–Kier alpha value is -1.41. The predicted molar refractivity (Wildman–Crippen MR) is 75.5 cm³/mol. The Morgan fingerprint density at radius 3 is 2.72 bits per heavy atom. The Labute approximate surface area is 109 Å². The van der Waals surface area contributed by atoms with E-state index in [4.69, 9.17) is 0 Å². The maximum atomic E-state index is 10.4. The number of hydrogen-bond donors (Lipinski definition) is 1. The van der Waals surface area contributed by atoms with E-state index in [1.54, 1.807) is 0 Å². The number of pyridine rings is 1. The van der Waals surface area contributed by atoms with Gasteiger partial charge in [0.1, 0.15) is 0 Å². The van der Waals surface area contributed by atoms with Crippen molar-refractivity contribution in [3.63, 3.8) is 0 Å². The minimum Gasteiger partial charge on any atom is -0.388 e. The monoisotopic (exact) mass is 243 g/mol. The van der Waals surface area contributed by atoms with Gasteiger partial charge in [0.15, 0.2) is 0 Å². The summed E-state index contributed by atoms with van der Waals surface area (Å²) in [7, 11) is 0. The number of hydrogen-bond acceptors (Lipinski definition) is 2. The maximum Gasteiger partial charge on any atom is 0.0799 e. The summed E-state index contributed by atoms with van der Waals surface area (Å²) in [4.78, 5) is 4.51. The molecule has 0 bridgehead atoms. The first-order valence-corrected chi connectivity index (χ1v) is 6.66. The summed E-state index contributed by atoms with van der Waals surface area (Å²) >= 11 is 0. The third-order valence-electron chi connectivity index (χ3n) is 3.56. The third kappa shape index (κ3) is 2.70. The molecule has 1 heterocycles. The van der Waals surface area contributed by atoms with Crippen molar-refractivity contribution in [2.75, 3.05) is 0 Å². The van der Waals surface area contributed by atoms with E-state index in [1.807, 2.05) is 37.3 Å². The molecule has 0 saturated heterocycles. The first-order chi connectivity index (χ1) is 8.61. The van der Waals surface area contributed by atoms with E-state index >= 15 is 0 Å². The fraction of sp³-hybridized carbons (Fsp3) is 0.438. The largest absolute Gasteiger partial charge is 0.388 e. The summed E-state index contributed by atoms with van der Waals surface area (Å²) in [5.74, 6) is 0.534. The number of aromatic nitrogens is 1. The molecular formula is C16H21NO. The van der Waals surface area contributed by atoms with Crippen LogP contribution in [0.25, 0.3) is 10.9 Å². The first-order valence-electron chi connectivity index (χ1n) is 6.66. The maximum absolute atomic E-state index is 10.4. The molecule has 18 heavy (non-hydrogen) atoms. The molecule has 0 aliphatic rings. The van der Waals surface area contributed by atoms with Crippen LogP contribution in [-0.4, -0.2) is 10.1 Å². The highest BCUT2D eigenvalue weighted by molar-refractivity contribution is 5.82. The lowest BCUT2D eigenvalue weighted by atomic mass is 9.94. The van der Waals surface area contributed by atoms with Crippen LogP contribution < -0.4 is 0 Å². The molecular weight excluding hydrogens is 222 g/mol. The van der Waals surface area contributed by atoms with E-state index in [0.717, 1.165) is 35.0 Å². The van der Waals surface area contributed by atoms with E-state index in [2.05, 4.69) is 18.8 Å². The summed E-state index contributed by atoms with van der Waals surface area (Å²) in [5, 5.41) is 11.5. The van der Waals surface area contributed by atoms with Crippen LogP contribution in [0.2, 0.25) is 0 Å². The summed E-state index contributed by atoms with van der Waals surface area (Å²) in [6.07, 6.45) is 1.51. The topological polar surface area (TPSA) is 33.1 Å². The SMILES string of the molecule is CCC(C)CC(O)c1cc(C)nc2ccccc12. The zero-order valence-electron chi connectivity index (χ0n) is 11.4. The molecule has 0 radical (unpaired) electrons. The summed E-state index contributed by atoms with van der Waals surface area (Å²) in [6, 6.07) is 10.0. The fourth-order valence-corrected chi connectivity index (χ4v) is 2.29. The van der Waals surface area contributed by atoms with E-state index < -0.39 is 6.10 Å². The van der Waals surface area contributed by atoms with Crippen LogP contribution in [0.15, 0.2) is 30.3 Å². The molecule has 0 amide bonds. The van der Waals surface area contributed by atoms with Crippen molar-refractivity contribution in [2.45, 2.75) is 39.7 Å². The number of aryl methyl sites for hydroxylation is 1. The molecule has 2 heteroatoms. The van der Waals surface area contributed by atoms with Crippen molar-refractivity contribution in [3.8, 4) is 0 Å². The van der Waals surface area contributed by atoms with Gasteiger partial charge >= 0.3 is 0 Å². The van der Waals surface area contributed by atoms with Gasteiger partial charge in [0.05, 0.1) is 11.6 Å². The molecule has 2 rings (SSSR count). The average molecular weight is 243 g/mol. The Bertz CT molecular complexity index is 536. The predicted octanol–water partition coefficient (Wildman–Crippen LogP) is 4.01. The Morgan fingerprint density at radius 1 is 1.28 bits per heavy atom. The van der Waals surface area contributed by atoms with E-state index in [-0.39, 0.29) is 0 Å². The highest BCUT2D eigenvalue weighted by Crippen LogP contribution is 2.29. The number of rotatable bonds is 4. The molecule has 2 aromatic rings. The number of fused-ring (bicyclic) bond motifs is 1. The highest BCUT2D eigenvalue weighted by atomic mass is 16.3. The molecule has 1 aromatic carbocycles. The molecule has 2 atom stereocenters. The quantitative estimate of drug-likeness (QED) is 0.880. The molecule has 2 nitrogen and oxygen atoms in total. The van der Waals surface area contributed by atoms with Crippen LogP contribution >= 0.6 is 0 Å². The van der Waals surface area contributed by atoms with Gasteiger partial charge in [-0.15, -0.1) is 0 Å². The van der Waals surface area contributed by atoms with Gasteiger partial charge in [-0.2, -0.15) is 0 Å². The van der Waals surface area contributed by atoms with Crippen molar-refractivity contribution in [2.24, 2.45) is 5.92 Å². The van der Waals surface area contributed by atoms with E-state index in [1.165, 1.54) is 0 Å². The highest BCUT2D eigenvalue weighted by Gasteiger charge is 2.15. The van der Waals surface area contributed by atoms with Gasteiger partial charge in [0.2, 0.25) is 0 Å². The van der Waals surface area contributed by atoms with Crippen molar-refractivity contribution in [3.05, 3.63) is 41.6 Å². The standard InChI is InChI=1S/C16H21NO/c1-4-11(2)9-16(18)14-10-12(3)17-15-8-6-5-7-13(14)15/h5-8,10-11,16,18H,4,9H2,1-3H3. The van der Waals surface area contributed by atoms with Crippen molar-refractivity contribution < 1.29 is 5.11 Å². The van der Waals surface area contributed by atoms with Crippen LogP contribution in [0.5, 0.6) is 0 Å². The van der Waals surface area contributed by atoms with Crippen molar-refractivity contribution in [1.29, 1.82) is 0 Å². The van der Waals surface area contributed by atoms with Gasteiger partial charge in [0, 0.05) is 11.1 Å². The Balaban J connectivity index is 2.43. The summed E-state index contributed by atoms with van der Waals surface area (Å²) in [5.41, 5.74) is 2.95. The molecule has 0 fully saturated rings. The molecule has 2 unspecified atom stereocenters. The lowest BCUT2D eigenvalue weighted by molar-refractivity contribution is 0.148. The molecule has 1 aromatic heterocycles. The summed E-state index contributed by atoms with van der Waals surface area (Å²) in [6.45, 7) is 6.32. The van der Waals surface area contributed by atoms with Crippen LogP contribution in [-0.2, 0) is 0 Å². The van der Waals surface area contributed by atoms with Gasteiger partial charge in [-0.05, 0) is 37.0 Å². The number of aliphatic hydroxyl groups is 1. The van der Waals surface area contributed by atoms with Crippen LogP contribution in [0.1, 0.15) is 44.1 Å². The Kier molecular flexibility index (Phi) is 3.97. The molecule has 0 aliphatic carbocycles. The number of para-hydroxylation sites is 1.